The maximum absolute atomic E-state index is 14.3. The summed E-state index contributed by atoms with van der Waals surface area (Å²) in [6, 6.07) is 16.2. The highest BCUT2D eigenvalue weighted by Crippen LogP contribution is 2.37. The summed E-state index contributed by atoms with van der Waals surface area (Å²) >= 11 is 0. The SMILES string of the molecule is CC(C)(C)O/N=C\c1cccc(CN(C(=O)c2cc(C(=O)O)c(C(=O)O)cc2C(=O)O)[C@H]2CCCc3ccccc32)c1. The molecule has 0 heterocycles. The zero-order chi connectivity index (χ0) is 30.6. The molecule has 10 nitrogen and oxygen atoms in total. The molecule has 218 valence electrons. The number of hydrogen-bond donors (Lipinski definition) is 3. The van der Waals surface area contributed by atoms with Gasteiger partial charge in [-0.25, -0.2) is 14.4 Å². The minimum atomic E-state index is -1.61. The average molecular weight is 573 g/mol. The Bertz CT molecular complexity index is 1570. The molecule has 0 radical (unpaired) electrons. The Balaban J connectivity index is 1.82. The zero-order valence-corrected chi connectivity index (χ0v) is 23.5. The van der Waals surface area contributed by atoms with Gasteiger partial charge in [0.2, 0.25) is 0 Å². The van der Waals surface area contributed by atoms with E-state index in [2.05, 4.69) is 5.16 Å². The molecular formula is C32H32N2O8. The Morgan fingerprint density at radius 2 is 1.50 bits per heavy atom. The minimum absolute atomic E-state index is 0.0712. The number of carboxylic acids is 3. The lowest BCUT2D eigenvalue weighted by molar-refractivity contribution is 0.00197. The molecule has 1 amide bonds. The van der Waals surface area contributed by atoms with Crippen molar-refractivity contribution in [3.63, 3.8) is 0 Å². The Hall–Kier alpha value is -4.99. The van der Waals surface area contributed by atoms with E-state index >= 15 is 0 Å². The van der Waals surface area contributed by atoms with Gasteiger partial charge in [-0.2, -0.15) is 0 Å². The number of carbonyl (C=O) groups excluding carboxylic acids is 1. The summed E-state index contributed by atoms with van der Waals surface area (Å²) in [7, 11) is 0. The largest absolute Gasteiger partial charge is 0.478 e. The van der Waals surface area contributed by atoms with Crippen LogP contribution in [0.15, 0.2) is 65.8 Å². The molecule has 0 fully saturated rings. The normalized spacial score (nSPS) is 14.7. The molecule has 0 aliphatic heterocycles. The maximum Gasteiger partial charge on any atom is 0.336 e. The Morgan fingerprint density at radius 1 is 0.881 bits per heavy atom. The first-order valence-corrected chi connectivity index (χ1v) is 13.4. The second kappa shape index (κ2) is 12.3. The summed E-state index contributed by atoms with van der Waals surface area (Å²) < 4.78 is 0. The number of aryl methyl sites for hydroxylation is 1. The van der Waals surface area contributed by atoms with Crippen molar-refractivity contribution in [3.05, 3.63) is 105 Å². The highest BCUT2D eigenvalue weighted by molar-refractivity contribution is 6.10. The van der Waals surface area contributed by atoms with E-state index in [9.17, 15) is 34.5 Å². The molecule has 10 heteroatoms. The van der Waals surface area contributed by atoms with Crippen molar-refractivity contribution in [1.29, 1.82) is 0 Å². The lowest BCUT2D eigenvalue weighted by atomic mass is 9.86. The Labute approximate surface area is 242 Å². The number of nitrogens with zero attached hydrogens (tertiary/aromatic N) is 2. The van der Waals surface area contributed by atoms with Gasteiger partial charge in [-0.3, -0.25) is 4.79 Å². The fraction of sp³-hybridized carbons (Fsp3) is 0.281. The smallest absolute Gasteiger partial charge is 0.336 e. The summed E-state index contributed by atoms with van der Waals surface area (Å²) in [6.07, 6.45) is 3.77. The number of fused-ring (bicyclic) bond motifs is 1. The molecule has 1 aliphatic rings. The minimum Gasteiger partial charge on any atom is -0.478 e. The van der Waals surface area contributed by atoms with Crippen LogP contribution in [0.25, 0.3) is 0 Å². The van der Waals surface area contributed by atoms with Gasteiger partial charge in [0.05, 0.1) is 34.5 Å². The van der Waals surface area contributed by atoms with E-state index in [0.29, 0.717) is 6.42 Å². The van der Waals surface area contributed by atoms with E-state index in [0.717, 1.165) is 47.2 Å². The van der Waals surface area contributed by atoms with Gasteiger partial charge in [0.1, 0.15) is 5.60 Å². The molecule has 3 aromatic rings. The fourth-order valence-electron chi connectivity index (χ4n) is 5.05. The molecule has 4 rings (SSSR count). The molecule has 0 spiro atoms. The van der Waals surface area contributed by atoms with Crippen molar-refractivity contribution in [2.45, 2.75) is 58.2 Å². The lowest BCUT2D eigenvalue weighted by Crippen LogP contribution is -2.37. The quantitative estimate of drug-likeness (QED) is 0.220. The molecule has 0 aromatic heterocycles. The first-order valence-electron chi connectivity index (χ1n) is 13.4. The number of carboxylic acid groups (broad SMARTS) is 3. The van der Waals surface area contributed by atoms with Crippen LogP contribution in [0, 0.1) is 0 Å². The van der Waals surface area contributed by atoms with E-state index < -0.39 is 57.7 Å². The van der Waals surface area contributed by atoms with Gasteiger partial charge in [-0.1, -0.05) is 47.6 Å². The summed E-state index contributed by atoms with van der Waals surface area (Å²) in [5.41, 5.74) is 0.595. The number of oxime groups is 1. The van der Waals surface area contributed by atoms with Gasteiger partial charge in [0, 0.05) is 6.54 Å². The number of carbonyl (C=O) groups is 4. The summed E-state index contributed by atoms with van der Waals surface area (Å²) in [4.78, 5) is 57.1. The second-order valence-corrected chi connectivity index (χ2v) is 11.1. The molecule has 3 N–H and O–H groups in total. The highest BCUT2D eigenvalue weighted by atomic mass is 16.6. The molecule has 42 heavy (non-hydrogen) atoms. The predicted octanol–water partition coefficient (Wildman–Crippen LogP) is 5.65. The Morgan fingerprint density at radius 3 is 2.14 bits per heavy atom. The molecule has 0 saturated carbocycles. The van der Waals surface area contributed by atoms with Crippen LogP contribution in [0.2, 0.25) is 0 Å². The molecule has 0 saturated heterocycles. The predicted molar refractivity (Wildman–Crippen MR) is 154 cm³/mol. The van der Waals surface area contributed by atoms with Gasteiger partial charge in [0.25, 0.3) is 5.91 Å². The standard InChI is InChI=1S/C32H32N2O8/c1-32(2,3)42-33-17-19-8-6-9-20(14-19)18-34(27-13-7-11-21-10-4-5-12-22(21)27)28(35)23-15-25(30(38)39)26(31(40)41)16-24(23)29(36)37/h4-6,8-10,12,14-17,27H,7,11,13,18H2,1-3H3,(H,36,37)(H,38,39)(H,40,41)/b33-17-/t27-/m0/s1. The third-order valence-electron chi connectivity index (χ3n) is 6.89. The van der Waals surface area contributed by atoms with Gasteiger partial charge in [-0.05, 0) is 80.5 Å². The highest BCUT2D eigenvalue weighted by Gasteiger charge is 2.33. The van der Waals surface area contributed by atoms with E-state index in [4.69, 9.17) is 4.84 Å². The van der Waals surface area contributed by atoms with Gasteiger partial charge in [-0.15, -0.1) is 0 Å². The summed E-state index contributed by atoms with van der Waals surface area (Å²) in [5.74, 6) is -5.46. The third kappa shape index (κ3) is 6.83. The van der Waals surface area contributed by atoms with Gasteiger partial charge < -0.3 is 25.1 Å². The van der Waals surface area contributed by atoms with Crippen LogP contribution in [0.3, 0.4) is 0 Å². The molecule has 1 aliphatic carbocycles. The average Bonchev–Trinajstić information content (AvgIpc) is 2.94. The molecule has 3 aromatic carbocycles. The van der Waals surface area contributed by atoms with E-state index in [1.807, 2.05) is 63.2 Å². The number of benzene rings is 3. The zero-order valence-electron chi connectivity index (χ0n) is 23.5. The van der Waals surface area contributed by atoms with Crippen molar-refractivity contribution in [2.24, 2.45) is 5.16 Å². The van der Waals surface area contributed by atoms with Crippen LogP contribution in [-0.2, 0) is 17.8 Å². The van der Waals surface area contributed by atoms with Crippen LogP contribution in [0.4, 0.5) is 0 Å². The van der Waals surface area contributed by atoms with Crippen LogP contribution in [-0.4, -0.2) is 55.9 Å². The fourth-order valence-corrected chi connectivity index (χ4v) is 5.05. The Kier molecular flexibility index (Phi) is 8.75. The van der Waals surface area contributed by atoms with Crippen LogP contribution < -0.4 is 0 Å². The number of amides is 1. The van der Waals surface area contributed by atoms with E-state index in [1.54, 1.807) is 12.3 Å². The van der Waals surface area contributed by atoms with Gasteiger partial charge in [0.15, 0.2) is 0 Å². The summed E-state index contributed by atoms with van der Waals surface area (Å²) in [5, 5.41) is 33.2. The van der Waals surface area contributed by atoms with Gasteiger partial charge >= 0.3 is 17.9 Å². The molecule has 0 unspecified atom stereocenters. The van der Waals surface area contributed by atoms with Crippen molar-refractivity contribution in [3.8, 4) is 0 Å². The molecule has 1 atom stereocenters. The van der Waals surface area contributed by atoms with Crippen LogP contribution in [0.5, 0.6) is 0 Å². The molecular weight excluding hydrogens is 540 g/mol. The topological polar surface area (TPSA) is 154 Å². The lowest BCUT2D eigenvalue weighted by Gasteiger charge is -2.36. The van der Waals surface area contributed by atoms with Crippen molar-refractivity contribution in [2.75, 3.05) is 0 Å². The monoisotopic (exact) mass is 572 g/mol. The van der Waals surface area contributed by atoms with Crippen molar-refractivity contribution >= 4 is 30.0 Å². The van der Waals surface area contributed by atoms with E-state index in [-0.39, 0.29) is 6.54 Å². The maximum atomic E-state index is 14.3. The molecule has 0 bridgehead atoms. The van der Waals surface area contributed by atoms with Crippen molar-refractivity contribution in [1.82, 2.24) is 4.90 Å². The first kappa shape index (κ1) is 30.0. The van der Waals surface area contributed by atoms with Crippen LogP contribution >= 0.6 is 0 Å². The van der Waals surface area contributed by atoms with Crippen LogP contribution in [0.1, 0.15) is 103 Å². The first-order chi connectivity index (χ1) is 19.9. The van der Waals surface area contributed by atoms with Crippen molar-refractivity contribution < 1.29 is 39.3 Å². The second-order valence-electron chi connectivity index (χ2n) is 11.1. The van der Waals surface area contributed by atoms with E-state index in [1.165, 1.54) is 4.90 Å². The number of rotatable bonds is 9. The number of aromatic carboxylic acids is 3. The third-order valence-corrected chi connectivity index (χ3v) is 6.89. The number of hydrogen-bond acceptors (Lipinski definition) is 6. The summed E-state index contributed by atoms with van der Waals surface area (Å²) in [6.45, 7) is 5.69.